The molecule has 124 valence electrons. The number of allylic oxidation sites excluding steroid dienone is 4. The number of carbonyl (C=O) groups is 1. The molecule has 2 aliphatic rings. The molecule has 5 heteroatoms. The number of nitrogens with zero attached hydrogens (tertiary/aromatic N) is 2. The molecule has 2 aliphatic carbocycles. The Hall–Kier alpha value is -2.69. The molecule has 0 atom stereocenters. The summed E-state index contributed by atoms with van der Waals surface area (Å²) in [5, 5.41) is 8.54. The maximum Gasteiger partial charge on any atom is 0.271 e. The largest absolute Gasteiger partial charge is 0.278 e. The van der Waals surface area contributed by atoms with Gasteiger partial charge in [0.05, 0.1) is 17.1 Å². The van der Waals surface area contributed by atoms with Crippen LogP contribution in [0, 0.1) is 0 Å². The first kappa shape index (κ1) is 16.2. The molecule has 1 amide bonds. The Morgan fingerprint density at radius 1 is 0.875 bits per heavy atom. The topological polar surface area (TPSA) is 65.8 Å². The second-order valence-electron chi connectivity index (χ2n) is 6.32. The van der Waals surface area contributed by atoms with Crippen molar-refractivity contribution in [1.82, 2.24) is 5.43 Å². The SMILES string of the molecule is CC1=C/C(=N/NC(=O)c2ccc(N/N=C3/C=C(C)CC3)cc2)CC1. The number of carbonyl (C=O) groups excluding carboxylic acids is 1. The zero-order valence-corrected chi connectivity index (χ0v) is 14.1. The van der Waals surface area contributed by atoms with Gasteiger partial charge in [-0.05, 0) is 75.9 Å². The van der Waals surface area contributed by atoms with Gasteiger partial charge in [-0.2, -0.15) is 10.2 Å². The predicted octanol–water partition coefficient (Wildman–Crippen LogP) is 4.02. The van der Waals surface area contributed by atoms with E-state index in [0.717, 1.165) is 42.8 Å². The van der Waals surface area contributed by atoms with Crippen LogP contribution in [0.25, 0.3) is 0 Å². The van der Waals surface area contributed by atoms with Crippen molar-refractivity contribution in [2.45, 2.75) is 39.5 Å². The van der Waals surface area contributed by atoms with Crippen molar-refractivity contribution in [1.29, 1.82) is 0 Å². The molecular weight excluding hydrogens is 300 g/mol. The number of amides is 1. The lowest BCUT2D eigenvalue weighted by Gasteiger charge is -2.04. The van der Waals surface area contributed by atoms with Gasteiger partial charge < -0.3 is 0 Å². The summed E-state index contributed by atoms with van der Waals surface area (Å²) in [5.41, 5.74) is 11.7. The van der Waals surface area contributed by atoms with Gasteiger partial charge in [-0.25, -0.2) is 5.43 Å². The van der Waals surface area contributed by atoms with E-state index in [1.165, 1.54) is 11.1 Å². The van der Waals surface area contributed by atoms with Crippen molar-refractivity contribution in [3.63, 3.8) is 0 Å². The molecule has 0 spiro atoms. The third-order valence-electron chi connectivity index (χ3n) is 4.15. The van der Waals surface area contributed by atoms with E-state index in [1.54, 1.807) is 12.1 Å². The summed E-state index contributed by atoms with van der Waals surface area (Å²) in [6.07, 6.45) is 8.10. The van der Waals surface area contributed by atoms with Crippen LogP contribution in [-0.2, 0) is 0 Å². The van der Waals surface area contributed by atoms with Gasteiger partial charge in [0, 0.05) is 5.56 Å². The summed E-state index contributed by atoms with van der Waals surface area (Å²) in [7, 11) is 0. The van der Waals surface area contributed by atoms with Crippen LogP contribution in [0.4, 0.5) is 5.69 Å². The Bertz CT molecular complexity index is 754. The van der Waals surface area contributed by atoms with Crippen LogP contribution in [0.3, 0.4) is 0 Å². The standard InChI is InChI=1S/C19H22N4O/c1-13-3-7-17(11-13)21-20-16-9-5-15(6-10-16)19(24)23-22-18-8-4-14(2)12-18/h5-6,9-12,20H,3-4,7-8H2,1-2H3,(H,23,24)/b21-17+,22-18+. The van der Waals surface area contributed by atoms with E-state index in [4.69, 9.17) is 0 Å². The molecule has 2 N–H and O–H groups in total. The Morgan fingerprint density at radius 3 is 2.00 bits per heavy atom. The molecule has 0 fully saturated rings. The van der Waals surface area contributed by atoms with Crippen LogP contribution >= 0.6 is 0 Å². The van der Waals surface area contributed by atoms with E-state index in [1.807, 2.05) is 18.2 Å². The zero-order valence-electron chi connectivity index (χ0n) is 14.1. The fourth-order valence-electron chi connectivity index (χ4n) is 2.70. The molecule has 3 rings (SSSR count). The van der Waals surface area contributed by atoms with Crippen molar-refractivity contribution in [2.75, 3.05) is 5.43 Å². The molecule has 5 nitrogen and oxygen atoms in total. The van der Waals surface area contributed by atoms with Gasteiger partial charge in [-0.15, -0.1) is 0 Å². The first-order valence-corrected chi connectivity index (χ1v) is 8.24. The summed E-state index contributed by atoms with van der Waals surface area (Å²) in [4.78, 5) is 12.1. The number of benzene rings is 1. The van der Waals surface area contributed by atoms with Gasteiger partial charge in [0.15, 0.2) is 0 Å². The number of hydrazone groups is 2. The fraction of sp³-hybridized carbons (Fsp3) is 0.316. The molecule has 0 aliphatic heterocycles. The lowest BCUT2D eigenvalue weighted by Crippen LogP contribution is -2.18. The molecule has 0 unspecified atom stereocenters. The van der Waals surface area contributed by atoms with E-state index >= 15 is 0 Å². The summed E-state index contributed by atoms with van der Waals surface area (Å²) in [5.74, 6) is -0.201. The highest BCUT2D eigenvalue weighted by molar-refractivity contribution is 6.00. The van der Waals surface area contributed by atoms with Gasteiger partial charge in [-0.3, -0.25) is 10.2 Å². The minimum Gasteiger partial charge on any atom is -0.278 e. The first-order chi connectivity index (χ1) is 11.6. The lowest BCUT2D eigenvalue weighted by atomic mass is 10.2. The van der Waals surface area contributed by atoms with E-state index in [2.05, 4.69) is 41.0 Å². The molecular formula is C19H22N4O. The Labute approximate surface area is 142 Å². The van der Waals surface area contributed by atoms with Crippen molar-refractivity contribution < 1.29 is 4.79 Å². The van der Waals surface area contributed by atoms with Crippen molar-refractivity contribution in [3.05, 3.63) is 53.1 Å². The van der Waals surface area contributed by atoms with Gasteiger partial charge in [0.25, 0.3) is 5.91 Å². The Morgan fingerprint density at radius 2 is 1.46 bits per heavy atom. The molecule has 0 radical (unpaired) electrons. The summed E-state index contributed by atoms with van der Waals surface area (Å²) in [6, 6.07) is 7.22. The van der Waals surface area contributed by atoms with E-state index in [-0.39, 0.29) is 5.91 Å². The predicted molar refractivity (Wildman–Crippen MR) is 98.4 cm³/mol. The highest BCUT2D eigenvalue weighted by atomic mass is 16.2. The molecule has 1 aromatic rings. The van der Waals surface area contributed by atoms with Crippen molar-refractivity contribution in [3.8, 4) is 0 Å². The molecule has 0 saturated heterocycles. The summed E-state index contributed by atoms with van der Waals surface area (Å²) >= 11 is 0. The smallest absolute Gasteiger partial charge is 0.271 e. The average molecular weight is 322 g/mol. The van der Waals surface area contributed by atoms with E-state index < -0.39 is 0 Å². The van der Waals surface area contributed by atoms with Gasteiger partial charge >= 0.3 is 0 Å². The minimum atomic E-state index is -0.201. The third-order valence-corrected chi connectivity index (χ3v) is 4.15. The minimum absolute atomic E-state index is 0.201. The average Bonchev–Trinajstić information content (AvgIpc) is 3.19. The normalized spacial score (nSPS) is 20.2. The van der Waals surface area contributed by atoms with Gasteiger partial charge in [-0.1, -0.05) is 11.1 Å². The molecule has 0 bridgehead atoms. The third kappa shape index (κ3) is 4.19. The first-order valence-electron chi connectivity index (χ1n) is 8.24. The molecule has 0 aromatic heterocycles. The quantitative estimate of drug-likeness (QED) is 0.822. The number of rotatable bonds is 4. The number of hydrogen-bond acceptors (Lipinski definition) is 4. The highest BCUT2D eigenvalue weighted by Crippen LogP contribution is 2.16. The summed E-state index contributed by atoms with van der Waals surface area (Å²) < 4.78 is 0. The van der Waals surface area contributed by atoms with Crippen LogP contribution in [-0.4, -0.2) is 17.3 Å². The van der Waals surface area contributed by atoms with Gasteiger partial charge in [0.1, 0.15) is 0 Å². The van der Waals surface area contributed by atoms with E-state index in [0.29, 0.717) is 5.56 Å². The van der Waals surface area contributed by atoms with Crippen LogP contribution in [0.1, 0.15) is 49.9 Å². The molecule has 0 heterocycles. The second-order valence-corrected chi connectivity index (χ2v) is 6.32. The highest BCUT2D eigenvalue weighted by Gasteiger charge is 2.09. The van der Waals surface area contributed by atoms with Crippen molar-refractivity contribution in [2.24, 2.45) is 10.2 Å². The van der Waals surface area contributed by atoms with Gasteiger partial charge in [0.2, 0.25) is 0 Å². The van der Waals surface area contributed by atoms with Crippen LogP contribution in [0.5, 0.6) is 0 Å². The van der Waals surface area contributed by atoms with Crippen LogP contribution < -0.4 is 10.9 Å². The Balaban J connectivity index is 1.57. The Kier molecular flexibility index (Phi) is 4.89. The molecule has 0 saturated carbocycles. The maximum absolute atomic E-state index is 12.1. The lowest BCUT2D eigenvalue weighted by molar-refractivity contribution is 0.0955. The number of hydrogen-bond donors (Lipinski definition) is 2. The molecule has 1 aromatic carbocycles. The fourth-order valence-corrected chi connectivity index (χ4v) is 2.70. The number of anilines is 1. The molecule has 24 heavy (non-hydrogen) atoms. The van der Waals surface area contributed by atoms with E-state index in [9.17, 15) is 4.79 Å². The number of nitrogens with one attached hydrogen (secondary N) is 2. The maximum atomic E-state index is 12.1. The van der Waals surface area contributed by atoms with Crippen molar-refractivity contribution >= 4 is 23.0 Å². The van der Waals surface area contributed by atoms with Crippen LogP contribution in [0.2, 0.25) is 0 Å². The summed E-state index contributed by atoms with van der Waals surface area (Å²) in [6.45, 7) is 4.18. The zero-order chi connectivity index (χ0) is 16.9. The van der Waals surface area contributed by atoms with Crippen LogP contribution in [0.15, 0.2) is 57.8 Å². The monoisotopic (exact) mass is 322 g/mol. The second kappa shape index (κ2) is 7.25.